The van der Waals surface area contributed by atoms with E-state index in [0.29, 0.717) is 147 Å². The van der Waals surface area contributed by atoms with Crippen molar-refractivity contribution >= 4 is 23.9 Å². The van der Waals surface area contributed by atoms with Crippen LogP contribution in [0.4, 0.5) is 0 Å². The number of hydrogen-bond acceptors (Lipinski definition) is 24. The highest BCUT2D eigenvalue weighted by molar-refractivity contribution is 5.77. The van der Waals surface area contributed by atoms with Crippen LogP contribution in [0.25, 0.3) is 0 Å². The van der Waals surface area contributed by atoms with Gasteiger partial charge in [0.2, 0.25) is 0 Å². The average molecular weight is 1720 g/mol. The summed E-state index contributed by atoms with van der Waals surface area (Å²) in [6, 6.07) is -6.57. The van der Waals surface area contributed by atoms with Gasteiger partial charge in [-0.2, -0.15) is 0 Å². The quantitative estimate of drug-likeness (QED) is 0.0303. The molecule has 12 unspecified atom stereocenters. The Morgan fingerprint density at radius 1 is 0.342 bits per heavy atom. The summed E-state index contributed by atoms with van der Waals surface area (Å²) in [6.45, 7) is -9.98. The number of esters is 4. The summed E-state index contributed by atoms with van der Waals surface area (Å²) in [5.74, 6) is -20.1. The Morgan fingerprint density at radius 2 is 0.533 bits per heavy atom. The second-order valence-electron chi connectivity index (χ2n) is 33.1. The summed E-state index contributed by atoms with van der Waals surface area (Å²) in [4.78, 5) is 61.2. The molecule has 8 aliphatic heterocycles. The van der Waals surface area contributed by atoms with E-state index in [0.717, 1.165) is 11.1 Å². The first kappa shape index (κ1) is 53.2. The summed E-state index contributed by atoms with van der Waals surface area (Å²) < 4.78 is 399. The molecule has 12 rings (SSSR count). The van der Waals surface area contributed by atoms with Crippen molar-refractivity contribution in [3.8, 4) is 46.0 Å². The second kappa shape index (κ2) is 43.9. The fourth-order valence-electron chi connectivity index (χ4n) is 17.6. The Balaban J connectivity index is 0.000000238. The van der Waals surface area contributed by atoms with Crippen LogP contribution in [0.5, 0.6) is 46.0 Å². The van der Waals surface area contributed by atoms with Gasteiger partial charge in [-0.25, -0.2) is 0 Å². The van der Waals surface area contributed by atoms with E-state index < -0.39 is 189 Å². The third kappa shape index (κ3) is 23.8. The lowest BCUT2D eigenvalue weighted by Crippen LogP contribution is -2.51. The van der Waals surface area contributed by atoms with Gasteiger partial charge >= 0.3 is 23.9 Å². The zero-order chi connectivity index (χ0) is 124. The minimum absolute atomic E-state index is 0.0204. The molecule has 16 atom stereocenters. The van der Waals surface area contributed by atoms with Crippen LogP contribution in [0.3, 0.4) is 0 Å². The number of hydrogen-bond donors (Lipinski definition) is 4. The van der Waals surface area contributed by atoms with E-state index in [1.807, 2.05) is 87.1 Å². The third-order valence-electron chi connectivity index (χ3n) is 23.2. The summed E-state index contributed by atoms with van der Waals surface area (Å²) in [7, 11) is 3.20. The van der Waals surface area contributed by atoms with Gasteiger partial charge in [-0.3, -0.25) is 38.8 Å². The first-order valence-electron chi connectivity index (χ1n) is 61.6. The summed E-state index contributed by atoms with van der Waals surface area (Å²) >= 11 is 0. The maximum Gasteiger partial charge on any atom is 0.323 e. The largest absolute Gasteiger partial charge is 0.493 e. The lowest BCUT2D eigenvalue weighted by molar-refractivity contribution is -0.161. The molecule has 0 aliphatic carbocycles. The van der Waals surface area contributed by atoms with Gasteiger partial charge < -0.3 is 79.8 Å². The molecule has 0 saturated carbocycles. The van der Waals surface area contributed by atoms with Crippen LogP contribution in [0.15, 0.2) is 48.5 Å². The van der Waals surface area contributed by atoms with Crippen LogP contribution in [-0.4, -0.2) is 201 Å². The Bertz CT molecular complexity index is 5470. The topological polar surface area (TPSA) is 296 Å². The number of carbonyl (C=O) groups is 4. The number of carbonyl (C=O) groups excluding carboxylic acids is 4. The molecule has 24 nitrogen and oxygen atoms in total. The Hall–Kier alpha value is -7.16. The highest BCUT2D eigenvalue weighted by Gasteiger charge is 2.47. The van der Waals surface area contributed by atoms with Crippen LogP contribution >= 0.6 is 0 Å². The molecule has 0 bridgehead atoms. The molecule has 24 heteroatoms. The van der Waals surface area contributed by atoms with Crippen molar-refractivity contribution in [2.75, 3.05) is 109 Å². The molecule has 4 aromatic carbocycles. The van der Waals surface area contributed by atoms with Crippen molar-refractivity contribution in [3.63, 3.8) is 0 Å². The van der Waals surface area contributed by atoms with Gasteiger partial charge in [-0.15, -0.1) is 0 Å². The first-order chi connectivity index (χ1) is 73.3. The summed E-state index contributed by atoms with van der Waals surface area (Å²) in [5, 5.41) is 0. The first-order valence-corrected chi connectivity index (χ1v) is 40.6. The zero-order valence-electron chi connectivity index (χ0n) is 113. The van der Waals surface area contributed by atoms with E-state index in [4.69, 9.17) is 132 Å². The SMILES string of the molecule is [2H]C([2H])([2H])Oc1cc2c(cc1OC)C1([2H])CC(OC(=O)[C@@]([2H])(N)C([2H])(C([2H])([2H])[2H])C([2H])([2H])[2H])C(CC(C)C)CN1CC2.[2H]C([2H])([2H])Oc1cc2c(cc1OC)C1([2H])CC(OC(=O)[C@@]([2H])(N)C([2H])(C([2H])([2H])[2H])C([2H])([2H])[2H])C(CC(C)C)CN1CC2.[2H]C12CC(OC(=O)[C@@]([2H])(N)C([2H])(C([2H])([2H])[2H])C([2H])([2H])[2H])C(CC(C)C)CN1CCc1cc(OC)c(OC)cc12.[2H]C12CC(OC(=O)[C@@]([2H])(N)C([2H])(C([2H])([2H])[2H])C([2H])([2H])[2H])C(CC(C)C)CN1CCc1cc(OC)c(OC)cc12. The number of benzene rings is 4. The predicted molar refractivity (Wildman–Crippen MR) is 471 cm³/mol. The molecule has 8 aliphatic rings. The number of rotatable bonds is 28. The highest BCUT2D eigenvalue weighted by Crippen LogP contribution is 2.50. The molecule has 4 fully saturated rings. The van der Waals surface area contributed by atoms with Crippen LogP contribution in [-0.2, 0) is 63.8 Å². The smallest absolute Gasteiger partial charge is 0.323 e. The fourth-order valence-corrected chi connectivity index (χ4v) is 17.6. The Kier molecular flexibility index (Phi) is 19.5. The van der Waals surface area contributed by atoms with Gasteiger partial charge in [-0.05, 0) is 192 Å². The maximum atomic E-state index is 13.4. The van der Waals surface area contributed by atoms with Crippen LogP contribution in [0.1, 0.15) is 288 Å². The standard InChI is InChI=1S/4C24H38N2O4/c4*1-14(2)9-17-13-26-8-7-16-10-21(28-5)22(29-6)11-18(16)19(26)12-20(17)30-24(27)23(25)15(3)4/h4*10-11,14-15,17,19-20,23H,7-9,12-13,25H2,1-6H3/t4*17?,19?,20?,23-/m0000/s1/i2*3D3,4D3,5D3,15D,19D,23D;2*3D3,4D3,15D,19D,23D. The van der Waals surface area contributed by atoms with Gasteiger partial charge in [0.05, 0.1) is 75.9 Å². The van der Waals surface area contributed by atoms with Gasteiger partial charge in [-0.1, -0.05) is 110 Å². The summed E-state index contributed by atoms with van der Waals surface area (Å²) in [5.41, 5.74) is 28.3. The molecular weight excluding hydrogens is 1520 g/mol. The second-order valence-corrected chi connectivity index (χ2v) is 33.1. The average Bonchev–Trinajstić information content (AvgIpc) is 0.718. The molecule has 4 aromatic rings. The van der Waals surface area contributed by atoms with Gasteiger partial charge in [0, 0.05) is 164 Å². The molecule has 0 spiro atoms. The lowest BCUT2D eigenvalue weighted by atomic mass is 9.79. The van der Waals surface area contributed by atoms with Crippen molar-refractivity contribution in [1.29, 1.82) is 0 Å². The number of fused-ring (bicyclic) bond motifs is 12. The molecular formula is C96H152N8O16. The fraction of sp³-hybridized carbons (Fsp3) is 0.708. The van der Waals surface area contributed by atoms with Crippen molar-refractivity contribution in [3.05, 3.63) is 93.0 Å². The number of methoxy groups -OCH3 is 8. The minimum Gasteiger partial charge on any atom is -0.493 e. The van der Waals surface area contributed by atoms with E-state index in [1.165, 1.54) is 66.9 Å². The normalized spacial score (nSPS) is 35.0. The van der Waals surface area contributed by atoms with Crippen LogP contribution in [0, 0.1) is 70.9 Å². The molecule has 0 radical (unpaired) electrons. The van der Waals surface area contributed by atoms with Crippen molar-refractivity contribution in [2.24, 2.45) is 93.9 Å². The van der Waals surface area contributed by atoms with E-state index in [2.05, 4.69) is 0 Å². The van der Waals surface area contributed by atoms with E-state index >= 15 is 0 Å². The van der Waals surface area contributed by atoms with Crippen molar-refractivity contribution in [1.82, 2.24) is 19.6 Å². The minimum atomic E-state index is -3.71. The molecule has 8 N–H and O–H groups in total. The molecule has 672 valence electrons. The maximum absolute atomic E-state index is 13.4. The Morgan fingerprint density at radius 3 is 0.708 bits per heavy atom. The highest BCUT2D eigenvalue weighted by atomic mass is 16.6. The summed E-state index contributed by atoms with van der Waals surface area (Å²) in [6.07, 6.45) is -0.0865. The van der Waals surface area contributed by atoms with Crippen molar-refractivity contribution in [2.45, 2.75) is 260 Å². The van der Waals surface area contributed by atoms with Crippen LogP contribution < -0.4 is 60.8 Å². The molecule has 8 heterocycles. The number of nitrogens with zero attached hydrogens (tertiary/aromatic N) is 4. The van der Waals surface area contributed by atoms with Gasteiger partial charge in [0.25, 0.3) is 0 Å². The molecule has 0 aromatic heterocycles. The Labute approximate surface area is 777 Å². The monoisotopic (exact) mass is 1720 g/mol. The number of ether oxygens (including phenoxy) is 12. The number of nitrogens with two attached hydrogens (primary N) is 4. The van der Waals surface area contributed by atoms with Gasteiger partial charge in [0.15, 0.2) is 46.0 Å². The number of piperidine rings is 4. The predicted octanol–water partition coefficient (Wildman–Crippen LogP) is 14.3. The van der Waals surface area contributed by atoms with E-state index in [9.17, 15) is 24.7 Å². The van der Waals surface area contributed by atoms with E-state index in [1.54, 1.807) is 12.1 Å². The third-order valence-corrected chi connectivity index (χ3v) is 23.2. The van der Waals surface area contributed by atoms with Crippen molar-refractivity contribution < 1.29 is 134 Å². The lowest BCUT2D eigenvalue weighted by Gasteiger charge is -2.47. The zero-order valence-corrected chi connectivity index (χ0v) is 71.3. The van der Waals surface area contributed by atoms with E-state index in [-0.39, 0.29) is 109 Å². The van der Waals surface area contributed by atoms with Gasteiger partial charge in [0.1, 0.15) is 48.5 Å². The molecule has 0 amide bonds. The molecule has 4 saturated heterocycles. The molecule has 120 heavy (non-hydrogen) atoms. The van der Waals surface area contributed by atoms with Crippen LogP contribution in [0.2, 0.25) is 0 Å².